The van der Waals surface area contributed by atoms with E-state index in [0.29, 0.717) is 5.69 Å². The molecule has 1 aromatic carbocycles. The highest BCUT2D eigenvalue weighted by Gasteiger charge is 2.06. The summed E-state index contributed by atoms with van der Waals surface area (Å²) < 4.78 is 1.93. The van der Waals surface area contributed by atoms with Gasteiger partial charge in [-0.1, -0.05) is 0 Å². The van der Waals surface area contributed by atoms with Crippen molar-refractivity contribution in [1.82, 2.24) is 0 Å². The standard InChI is InChI=1S/C8H7BrN2S/c9-7-5(10)3-6-4(8(7)11)1-2-12-6/h1-3H,10-11H2. The van der Waals surface area contributed by atoms with Crippen LogP contribution in [0.3, 0.4) is 0 Å². The molecule has 0 amide bonds. The molecule has 0 spiro atoms. The van der Waals surface area contributed by atoms with Crippen LogP contribution < -0.4 is 11.5 Å². The van der Waals surface area contributed by atoms with Gasteiger partial charge in [0.25, 0.3) is 0 Å². The van der Waals surface area contributed by atoms with Gasteiger partial charge in [0.05, 0.1) is 10.2 Å². The molecule has 0 saturated carbocycles. The molecule has 0 radical (unpaired) electrons. The van der Waals surface area contributed by atoms with Gasteiger partial charge in [0.15, 0.2) is 0 Å². The van der Waals surface area contributed by atoms with Crippen LogP contribution in [0, 0.1) is 0 Å². The van der Waals surface area contributed by atoms with Gasteiger partial charge in [-0.3, -0.25) is 0 Å². The van der Waals surface area contributed by atoms with E-state index in [4.69, 9.17) is 11.5 Å². The number of hydrogen-bond acceptors (Lipinski definition) is 3. The summed E-state index contributed by atoms with van der Waals surface area (Å²) in [6.07, 6.45) is 0. The molecule has 4 N–H and O–H groups in total. The van der Waals surface area contributed by atoms with Crippen molar-refractivity contribution in [3.63, 3.8) is 0 Å². The third kappa shape index (κ3) is 0.990. The topological polar surface area (TPSA) is 52.0 Å². The van der Waals surface area contributed by atoms with Crippen molar-refractivity contribution in [3.8, 4) is 0 Å². The minimum atomic E-state index is 0.697. The summed E-state index contributed by atoms with van der Waals surface area (Å²) in [6, 6.07) is 3.93. The van der Waals surface area contributed by atoms with Gasteiger partial charge in [0, 0.05) is 15.8 Å². The summed E-state index contributed by atoms with van der Waals surface area (Å²) in [5, 5.41) is 3.08. The molecule has 12 heavy (non-hydrogen) atoms. The van der Waals surface area contributed by atoms with Crippen molar-refractivity contribution in [2.45, 2.75) is 0 Å². The third-order valence-corrected chi connectivity index (χ3v) is 3.51. The lowest BCUT2D eigenvalue weighted by atomic mass is 10.2. The Morgan fingerprint density at radius 2 is 2.08 bits per heavy atom. The fourth-order valence-corrected chi connectivity index (χ4v) is 2.31. The monoisotopic (exact) mass is 242 g/mol. The van der Waals surface area contributed by atoms with Gasteiger partial charge in [-0.2, -0.15) is 0 Å². The molecule has 0 saturated heterocycles. The number of hydrogen-bond donors (Lipinski definition) is 2. The average Bonchev–Trinajstić information content (AvgIpc) is 2.48. The average molecular weight is 243 g/mol. The molecule has 1 aromatic heterocycles. The lowest BCUT2D eigenvalue weighted by molar-refractivity contribution is 1.70. The van der Waals surface area contributed by atoms with Crippen LogP contribution in [0.1, 0.15) is 0 Å². The summed E-state index contributed by atoms with van der Waals surface area (Å²) in [5.74, 6) is 0. The first-order chi connectivity index (χ1) is 5.70. The Balaban J connectivity index is 2.94. The van der Waals surface area contributed by atoms with Gasteiger partial charge < -0.3 is 11.5 Å². The molecule has 0 bridgehead atoms. The Kier molecular flexibility index (Phi) is 1.73. The van der Waals surface area contributed by atoms with Gasteiger partial charge in [-0.15, -0.1) is 11.3 Å². The second-order valence-corrected chi connectivity index (χ2v) is 4.27. The third-order valence-electron chi connectivity index (χ3n) is 1.76. The molecule has 2 aromatic rings. The zero-order chi connectivity index (χ0) is 8.72. The lowest BCUT2D eigenvalue weighted by Crippen LogP contribution is -1.92. The molecule has 1 heterocycles. The van der Waals surface area contributed by atoms with Crippen molar-refractivity contribution >= 4 is 48.7 Å². The Bertz CT molecular complexity index is 436. The van der Waals surface area contributed by atoms with Crippen molar-refractivity contribution in [1.29, 1.82) is 0 Å². The van der Waals surface area contributed by atoms with Crippen molar-refractivity contribution in [2.24, 2.45) is 0 Å². The van der Waals surface area contributed by atoms with Crippen LogP contribution in [0.4, 0.5) is 11.4 Å². The minimum Gasteiger partial charge on any atom is -0.398 e. The smallest absolute Gasteiger partial charge is 0.0641 e. The van der Waals surface area contributed by atoms with E-state index in [9.17, 15) is 0 Å². The molecular weight excluding hydrogens is 236 g/mol. The summed E-state index contributed by atoms with van der Waals surface area (Å²) in [7, 11) is 0. The van der Waals surface area contributed by atoms with E-state index in [0.717, 1.165) is 20.2 Å². The van der Waals surface area contributed by atoms with Crippen LogP contribution in [0.25, 0.3) is 10.1 Å². The highest BCUT2D eigenvalue weighted by molar-refractivity contribution is 9.10. The van der Waals surface area contributed by atoms with E-state index < -0.39 is 0 Å². The molecule has 62 valence electrons. The van der Waals surface area contributed by atoms with E-state index in [1.807, 2.05) is 17.5 Å². The molecule has 0 aliphatic carbocycles. The number of fused-ring (bicyclic) bond motifs is 1. The normalized spacial score (nSPS) is 10.8. The molecule has 0 atom stereocenters. The SMILES string of the molecule is Nc1cc2sccc2c(N)c1Br. The Hall–Kier alpha value is -0.740. The van der Waals surface area contributed by atoms with Crippen LogP contribution in [-0.2, 0) is 0 Å². The summed E-state index contributed by atoms with van der Waals surface area (Å²) in [5.41, 5.74) is 13.0. The fraction of sp³-hybridized carbons (Fsp3) is 0. The molecule has 0 aliphatic heterocycles. The van der Waals surface area contributed by atoms with Crippen molar-refractivity contribution in [3.05, 3.63) is 22.0 Å². The number of rotatable bonds is 0. The predicted molar refractivity (Wildman–Crippen MR) is 58.3 cm³/mol. The maximum Gasteiger partial charge on any atom is 0.0641 e. The van der Waals surface area contributed by atoms with Crippen LogP contribution in [-0.4, -0.2) is 0 Å². The Morgan fingerprint density at radius 3 is 2.83 bits per heavy atom. The first kappa shape index (κ1) is 7.89. The van der Waals surface area contributed by atoms with Crippen LogP contribution in [0.5, 0.6) is 0 Å². The minimum absolute atomic E-state index is 0.697. The molecule has 2 rings (SSSR count). The number of anilines is 2. The summed E-state index contributed by atoms with van der Waals surface area (Å²) >= 11 is 4.98. The zero-order valence-electron chi connectivity index (χ0n) is 6.17. The quantitative estimate of drug-likeness (QED) is 0.699. The first-order valence-corrected chi connectivity index (χ1v) is 5.08. The zero-order valence-corrected chi connectivity index (χ0v) is 8.58. The Morgan fingerprint density at radius 1 is 1.33 bits per heavy atom. The van der Waals surface area contributed by atoms with E-state index in [2.05, 4.69) is 15.9 Å². The molecular formula is C8H7BrN2S. The second-order valence-electron chi connectivity index (χ2n) is 2.53. The fourth-order valence-electron chi connectivity index (χ4n) is 1.13. The lowest BCUT2D eigenvalue weighted by Gasteiger charge is -2.03. The molecule has 0 aliphatic rings. The van der Waals surface area contributed by atoms with E-state index in [1.165, 1.54) is 0 Å². The van der Waals surface area contributed by atoms with Gasteiger partial charge in [-0.25, -0.2) is 0 Å². The van der Waals surface area contributed by atoms with Crippen LogP contribution in [0.2, 0.25) is 0 Å². The van der Waals surface area contributed by atoms with Crippen molar-refractivity contribution in [2.75, 3.05) is 11.5 Å². The van der Waals surface area contributed by atoms with Crippen molar-refractivity contribution < 1.29 is 0 Å². The Labute approximate surface area is 82.3 Å². The molecule has 0 fully saturated rings. The van der Waals surface area contributed by atoms with Crippen LogP contribution in [0.15, 0.2) is 22.0 Å². The highest BCUT2D eigenvalue weighted by Crippen LogP contribution is 2.36. The molecule has 2 nitrogen and oxygen atoms in total. The maximum absolute atomic E-state index is 5.84. The van der Waals surface area contributed by atoms with Gasteiger partial charge in [0.1, 0.15) is 0 Å². The van der Waals surface area contributed by atoms with E-state index in [1.54, 1.807) is 11.3 Å². The number of benzene rings is 1. The molecule has 0 unspecified atom stereocenters. The largest absolute Gasteiger partial charge is 0.398 e. The van der Waals surface area contributed by atoms with Crippen LogP contribution >= 0.6 is 27.3 Å². The van der Waals surface area contributed by atoms with E-state index in [-0.39, 0.29) is 0 Å². The number of thiophene rings is 1. The number of halogens is 1. The summed E-state index contributed by atoms with van der Waals surface area (Å²) in [4.78, 5) is 0. The first-order valence-electron chi connectivity index (χ1n) is 3.41. The molecule has 4 heteroatoms. The van der Waals surface area contributed by atoms with Gasteiger partial charge in [-0.05, 0) is 33.4 Å². The van der Waals surface area contributed by atoms with E-state index >= 15 is 0 Å². The maximum atomic E-state index is 5.84. The number of nitrogen functional groups attached to an aromatic ring is 2. The van der Waals surface area contributed by atoms with Gasteiger partial charge in [0.2, 0.25) is 0 Å². The number of nitrogens with two attached hydrogens (primary N) is 2. The predicted octanol–water partition coefficient (Wildman–Crippen LogP) is 2.83. The van der Waals surface area contributed by atoms with Gasteiger partial charge >= 0.3 is 0 Å². The highest BCUT2D eigenvalue weighted by atomic mass is 79.9. The summed E-state index contributed by atoms with van der Waals surface area (Å²) in [6.45, 7) is 0. The second kappa shape index (κ2) is 2.64.